The van der Waals surface area contributed by atoms with Gasteiger partial charge in [-0.15, -0.1) is 0 Å². The fourth-order valence-electron chi connectivity index (χ4n) is 5.17. The Kier molecular flexibility index (Phi) is 7.37. The molecule has 3 amide bonds. The molecule has 2 aliphatic rings. The highest BCUT2D eigenvalue weighted by Crippen LogP contribution is 2.38. The minimum atomic E-state index is -0.666. The van der Waals surface area contributed by atoms with E-state index in [1.165, 1.54) is 13.1 Å². The van der Waals surface area contributed by atoms with Crippen LogP contribution in [-0.2, 0) is 38.7 Å². The van der Waals surface area contributed by atoms with Crippen molar-refractivity contribution in [2.24, 2.45) is 11.8 Å². The second kappa shape index (κ2) is 10.5. The molecule has 0 saturated heterocycles. The Hall–Kier alpha value is -3.43. The first-order valence-electron chi connectivity index (χ1n) is 12.2. The van der Waals surface area contributed by atoms with Crippen LogP contribution in [-0.4, -0.2) is 45.3 Å². The van der Waals surface area contributed by atoms with E-state index in [0.717, 1.165) is 24.1 Å². The van der Waals surface area contributed by atoms with Gasteiger partial charge in [-0.3, -0.25) is 19.2 Å². The lowest BCUT2D eigenvalue weighted by atomic mass is 9.79. The van der Waals surface area contributed by atoms with Crippen LogP contribution in [0.1, 0.15) is 63.0 Å². The average molecular weight is 484 g/mol. The molecule has 0 fully saturated rings. The fraction of sp³-hybridized carbons (Fsp3) is 0.560. The van der Waals surface area contributed by atoms with Crippen LogP contribution in [0.5, 0.6) is 0 Å². The van der Waals surface area contributed by atoms with E-state index >= 15 is 0 Å². The number of rotatable bonds is 8. The summed E-state index contributed by atoms with van der Waals surface area (Å²) in [5.41, 5.74) is 1.97. The van der Waals surface area contributed by atoms with Crippen LogP contribution in [0.15, 0.2) is 29.0 Å². The lowest BCUT2D eigenvalue weighted by Crippen LogP contribution is -2.54. The molecule has 3 N–H and O–H groups in total. The van der Waals surface area contributed by atoms with E-state index in [-0.39, 0.29) is 42.4 Å². The van der Waals surface area contributed by atoms with Crippen LogP contribution in [0.25, 0.3) is 0 Å². The monoisotopic (exact) mass is 483 g/mol. The topological polar surface area (TPSA) is 135 Å². The normalized spacial score (nSPS) is 22.9. The zero-order valence-electron chi connectivity index (χ0n) is 20.4. The number of hydrogen-bond acceptors (Lipinski definition) is 6. The van der Waals surface area contributed by atoms with Crippen molar-refractivity contribution >= 4 is 23.5 Å². The second-order valence-electron chi connectivity index (χ2n) is 9.64. The molecule has 2 aromatic rings. The van der Waals surface area contributed by atoms with Crippen LogP contribution in [0, 0.1) is 11.8 Å². The van der Waals surface area contributed by atoms with Crippen LogP contribution >= 0.6 is 0 Å². The number of aryl methyl sites for hydroxylation is 1. The number of amides is 3. The molecule has 10 heteroatoms. The van der Waals surface area contributed by atoms with Crippen molar-refractivity contribution in [3.8, 4) is 0 Å². The molecule has 3 heterocycles. The molecule has 1 aliphatic carbocycles. The minimum absolute atomic E-state index is 0.0517. The molecule has 0 radical (unpaired) electrons. The highest BCUT2D eigenvalue weighted by atomic mass is 16.5. The molecule has 1 unspecified atom stereocenters. The van der Waals surface area contributed by atoms with Gasteiger partial charge in [-0.1, -0.05) is 25.4 Å². The third-order valence-corrected chi connectivity index (χ3v) is 7.21. The zero-order chi connectivity index (χ0) is 25.1. The number of nitrogens with one attached hydrogen (secondary N) is 3. The first kappa shape index (κ1) is 24.7. The van der Waals surface area contributed by atoms with Gasteiger partial charge in [0.15, 0.2) is 5.76 Å². The highest BCUT2D eigenvalue weighted by Gasteiger charge is 2.42. The van der Waals surface area contributed by atoms with Crippen LogP contribution in [0.2, 0.25) is 0 Å². The summed E-state index contributed by atoms with van der Waals surface area (Å²) in [6.45, 7) is 5.88. The number of hydrogen-bond donors (Lipinski definition) is 3. The van der Waals surface area contributed by atoms with Crippen molar-refractivity contribution in [3.05, 3.63) is 41.5 Å². The summed E-state index contributed by atoms with van der Waals surface area (Å²) in [5, 5.41) is 12.3. The Morgan fingerprint density at radius 1 is 1.29 bits per heavy atom. The standard InChI is InChI=1S/C25H33N5O5/c1-4-14(2)22(28-15(3)31)25(34)29-19-6-5-16-8-10-30-13-17(11-20(32)21(19)23(16)30)24(33)26-12-18-7-9-27-35-18/h7-10,14,17,19,21-22H,4-6,11-13H2,1-3H3,(H,26,33)(H,28,31)(H,29,34)/t14-,17-,19-,21?,22-/m0/s1. The molecular formula is C25H33N5O5. The Labute approximate surface area is 204 Å². The lowest BCUT2D eigenvalue weighted by molar-refractivity contribution is -0.132. The SMILES string of the molecule is CC[C@H](C)[C@H](NC(C)=O)C(=O)N[C@H]1CCc2ccn3c2C1C(=O)C[C@H](C(=O)NCc1ccno1)C3. The lowest BCUT2D eigenvalue weighted by Gasteiger charge is -2.34. The van der Waals surface area contributed by atoms with Gasteiger partial charge in [0.25, 0.3) is 0 Å². The van der Waals surface area contributed by atoms with Gasteiger partial charge >= 0.3 is 0 Å². The third-order valence-electron chi connectivity index (χ3n) is 7.21. The van der Waals surface area contributed by atoms with E-state index in [2.05, 4.69) is 21.1 Å². The van der Waals surface area contributed by atoms with Crippen molar-refractivity contribution in [1.29, 1.82) is 0 Å². The predicted octanol–water partition coefficient (Wildman–Crippen LogP) is 1.45. The van der Waals surface area contributed by atoms with E-state index < -0.39 is 23.9 Å². The van der Waals surface area contributed by atoms with E-state index in [4.69, 9.17) is 4.52 Å². The molecule has 10 nitrogen and oxygen atoms in total. The van der Waals surface area contributed by atoms with Gasteiger partial charge in [0, 0.05) is 43.9 Å². The zero-order valence-corrected chi connectivity index (χ0v) is 20.4. The smallest absolute Gasteiger partial charge is 0.243 e. The van der Waals surface area contributed by atoms with Crippen LogP contribution < -0.4 is 16.0 Å². The highest BCUT2D eigenvalue weighted by molar-refractivity contribution is 5.93. The average Bonchev–Trinajstić information content (AvgIpc) is 3.46. The van der Waals surface area contributed by atoms with E-state index in [9.17, 15) is 19.2 Å². The number of carbonyl (C=O) groups excluding carboxylic acids is 4. The van der Waals surface area contributed by atoms with Gasteiger partial charge in [0.2, 0.25) is 17.7 Å². The Morgan fingerprint density at radius 3 is 2.77 bits per heavy atom. The van der Waals surface area contributed by atoms with Crippen LogP contribution in [0.3, 0.4) is 0 Å². The van der Waals surface area contributed by atoms with Crippen molar-refractivity contribution in [1.82, 2.24) is 25.7 Å². The first-order chi connectivity index (χ1) is 16.8. The Morgan fingerprint density at radius 2 is 2.09 bits per heavy atom. The predicted molar refractivity (Wildman–Crippen MR) is 126 cm³/mol. The maximum atomic E-state index is 13.5. The molecule has 2 aromatic heterocycles. The quantitative estimate of drug-likeness (QED) is 0.520. The molecule has 188 valence electrons. The summed E-state index contributed by atoms with van der Waals surface area (Å²) in [4.78, 5) is 51.4. The number of nitrogens with zero attached hydrogens (tertiary/aromatic N) is 2. The molecule has 4 rings (SSSR count). The maximum absolute atomic E-state index is 13.5. The summed E-state index contributed by atoms with van der Waals surface area (Å²) in [6.07, 6.45) is 5.60. The largest absolute Gasteiger partial charge is 0.360 e. The summed E-state index contributed by atoms with van der Waals surface area (Å²) in [5.74, 6) is -1.41. The molecule has 0 bridgehead atoms. The Balaban J connectivity index is 1.52. The van der Waals surface area contributed by atoms with Crippen molar-refractivity contribution in [2.45, 2.75) is 77.5 Å². The van der Waals surface area contributed by atoms with Gasteiger partial charge in [-0.2, -0.15) is 0 Å². The number of Topliss-reactive ketones (excluding diaryl/α,β-unsaturated/α-hetero) is 1. The van der Waals surface area contributed by atoms with Crippen LogP contribution in [0.4, 0.5) is 0 Å². The van der Waals surface area contributed by atoms with E-state index in [0.29, 0.717) is 18.7 Å². The minimum Gasteiger partial charge on any atom is -0.360 e. The molecule has 5 atom stereocenters. The van der Waals surface area contributed by atoms with Gasteiger partial charge in [0.1, 0.15) is 11.8 Å². The molecule has 35 heavy (non-hydrogen) atoms. The summed E-state index contributed by atoms with van der Waals surface area (Å²) >= 11 is 0. The molecule has 0 spiro atoms. The summed E-state index contributed by atoms with van der Waals surface area (Å²) in [6, 6.07) is 2.62. The summed E-state index contributed by atoms with van der Waals surface area (Å²) in [7, 11) is 0. The van der Waals surface area contributed by atoms with Crippen molar-refractivity contribution in [3.63, 3.8) is 0 Å². The van der Waals surface area contributed by atoms with Crippen molar-refractivity contribution in [2.75, 3.05) is 0 Å². The third kappa shape index (κ3) is 5.31. The number of carbonyl (C=O) groups is 4. The van der Waals surface area contributed by atoms with E-state index in [1.807, 2.05) is 30.7 Å². The molecule has 0 aromatic carbocycles. The van der Waals surface area contributed by atoms with Gasteiger partial charge < -0.3 is 25.0 Å². The van der Waals surface area contributed by atoms with Gasteiger partial charge in [-0.05, 0) is 30.4 Å². The summed E-state index contributed by atoms with van der Waals surface area (Å²) < 4.78 is 7.02. The number of ketones is 1. The van der Waals surface area contributed by atoms with E-state index in [1.54, 1.807) is 6.07 Å². The molecule has 0 saturated carbocycles. The fourth-order valence-corrected chi connectivity index (χ4v) is 5.17. The number of aromatic nitrogens is 2. The van der Waals surface area contributed by atoms with Gasteiger partial charge in [0.05, 0.1) is 24.6 Å². The first-order valence-corrected chi connectivity index (χ1v) is 12.2. The second-order valence-corrected chi connectivity index (χ2v) is 9.64. The van der Waals surface area contributed by atoms with Crippen molar-refractivity contribution < 1.29 is 23.7 Å². The molecule has 1 aliphatic heterocycles. The molecular weight excluding hydrogens is 450 g/mol. The van der Waals surface area contributed by atoms with Gasteiger partial charge in [-0.25, -0.2) is 0 Å². The maximum Gasteiger partial charge on any atom is 0.243 e. The Bertz CT molecular complexity index is 1090.